The molecule has 1 amide bonds. The van der Waals surface area contributed by atoms with Crippen LogP contribution in [0.3, 0.4) is 0 Å². The number of nitrogens with one attached hydrogen (secondary N) is 1. The molecule has 2 aliphatic heterocycles. The summed E-state index contributed by atoms with van der Waals surface area (Å²) >= 11 is 0. The number of rotatable bonds is 7. The second-order valence-corrected chi connectivity index (χ2v) is 7.55. The van der Waals surface area contributed by atoms with Gasteiger partial charge >= 0.3 is 0 Å². The summed E-state index contributed by atoms with van der Waals surface area (Å²) in [5.41, 5.74) is -5.07. The molecular weight excluding hydrogens is 422 g/mol. The van der Waals surface area contributed by atoms with Crippen LogP contribution >= 0.6 is 0 Å². The fourth-order valence-electron chi connectivity index (χ4n) is 3.77. The number of hydrogen-bond acceptors (Lipinski definition) is 9. The van der Waals surface area contributed by atoms with Gasteiger partial charge in [0.2, 0.25) is 17.3 Å². The zero-order valence-corrected chi connectivity index (χ0v) is 17.6. The van der Waals surface area contributed by atoms with E-state index in [-0.39, 0.29) is 11.1 Å². The van der Waals surface area contributed by atoms with Crippen LogP contribution in [0.1, 0.15) is 24.2 Å². The van der Waals surface area contributed by atoms with Crippen molar-refractivity contribution in [1.82, 2.24) is 5.32 Å². The fourth-order valence-corrected chi connectivity index (χ4v) is 3.77. The zero-order chi connectivity index (χ0) is 23.8. The number of carbonyl (C=O) groups is 4. The van der Waals surface area contributed by atoms with Crippen molar-refractivity contribution in [2.24, 2.45) is 0 Å². The van der Waals surface area contributed by atoms with E-state index in [4.69, 9.17) is 9.47 Å². The summed E-state index contributed by atoms with van der Waals surface area (Å²) in [5, 5.41) is 33.9. The van der Waals surface area contributed by atoms with Gasteiger partial charge in [0.15, 0.2) is 11.9 Å². The third-order valence-electron chi connectivity index (χ3n) is 5.54. The minimum Gasteiger partial charge on any atom is -0.467 e. The minimum absolute atomic E-state index is 0.103. The average molecular weight is 445 g/mol. The van der Waals surface area contributed by atoms with E-state index in [2.05, 4.69) is 5.32 Å². The number of carbonyl (C=O) groups excluding carboxylic acids is 4. The first-order valence-electron chi connectivity index (χ1n) is 9.68. The van der Waals surface area contributed by atoms with Crippen molar-refractivity contribution < 1.29 is 44.0 Å². The molecule has 0 unspecified atom stereocenters. The number of allylic oxidation sites excluding steroid dienone is 1. The third-order valence-corrected chi connectivity index (χ3v) is 5.54. The number of methoxy groups -OCH3 is 1. The van der Waals surface area contributed by atoms with E-state index >= 15 is 0 Å². The van der Waals surface area contributed by atoms with Gasteiger partial charge < -0.3 is 30.1 Å². The molecule has 2 heterocycles. The lowest BCUT2D eigenvalue weighted by molar-refractivity contribution is -0.163. The highest BCUT2D eigenvalue weighted by Crippen LogP contribution is 2.44. The molecule has 1 saturated heterocycles. The van der Waals surface area contributed by atoms with Crippen LogP contribution in [-0.4, -0.2) is 75.3 Å². The van der Waals surface area contributed by atoms with E-state index in [0.717, 1.165) is 19.3 Å². The molecule has 32 heavy (non-hydrogen) atoms. The second-order valence-electron chi connectivity index (χ2n) is 7.55. The molecule has 170 valence electrons. The predicted octanol–water partition coefficient (Wildman–Crippen LogP) is -0.818. The second kappa shape index (κ2) is 8.40. The van der Waals surface area contributed by atoms with Gasteiger partial charge in [-0.15, -0.1) is 0 Å². The summed E-state index contributed by atoms with van der Waals surface area (Å²) in [6, 6.07) is 7.70. The Balaban J connectivity index is 1.98. The van der Waals surface area contributed by atoms with Crippen LogP contribution in [0.15, 0.2) is 53.8 Å². The molecule has 0 saturated carbocycles. The summed E-state index contributed by atoms with van der Waals surface area (Å²) in [4.78, 5) is 50.3. The Bertz CT molecular complexity index is 1030. The number of benzene rings is 1. The first-order chi connectivity index (χ1) is 15.0. The molecule has 0 bridgehead atoms. The van der Waals surface area contributed by atoms with E-state index in [1.54, 1.807) is 18.2 Å². The molecule has 10 heteroatoms. The Hall–Kier alpha value is -3.18. The maximum Gasteiger partial charge on any atom is 0.278 e. The summed E-state index contributed by atoms with van der Waals surface area (Å²) in [6.45, 7) is 2.47. The summed E-state index contributed by atoms with van der Waals surface area (Å²) < 4.78 is 10.7. The van der Waals surface area contributed by atoms with Gasteiger partial charge in [0.05, 0.1) is 0 Å². The van der Waals surface area contributed by atoms with Crippen molar-refractivity contribution in [2.75, 3.05) is 7.11 Å². The van der Waals surface area contributed by atoms with E-state index in [9.17, 15) is 34.5 Å². The van der Waals surface area contributed by atoms with Crippen LogP contribution in [0.25, 0.3) is 0 Å². The Morgan fingerprint density at radius 2 is 1.84 bits per heavy atom. The minimum atomic E-state index is -2.61. The molecule has 1 aromatic rings. The van der Waals surface area contributed by atoms with Crippen LogP contribution in [0, 0.1) is 0 Å². The van der Waals surface area contributed by atoms with Crippen molar-refractivity contribution in [3.05, 3.63) is 59.4 Å². The van der Waals surface area contributed by atoms with Crippen LogP contribution in [0.2, 0.25) is 0 Å². The summed E-state index contributed by atoms with van der Waals surface area (Å²) in [5.74, 6) is -3.82. The van der Waals surface area contributed by atoms with Gasteiger partial charge in [-0.25, -0.2) is 0 Å². The van der Waals surface area contributed by atoms with E-state index in [0.29, 0.717) is 0 Å². The van der Waals surface area contributed by atoms with Gasteiger partial charge in [-0.3, -0.25) is 19.2 Å². The van der Waals surface area contributed by atoms with Gasteiger partial charge in [0, 0.05) is 18.2 Å². The Kier molecular flexibility index (Phi) is 6.16. The first-order valence-corrected chi connectivity index (χ1v) is 9.68. The maximum atomic E-state index is 13.1. The molecule has 0 aromatic heterocycles. The number of amides is 1. The van der Waals surface area contributed by atoms with Gasteiger partial charge in [-0.2, -0.15) is 0 Å². The van der Waals surface area contributed by atoms with Crippen LogP contribution in [0.4, 0.5) is 0 Å². The van der Waals surface area contributed by atoms with Gasteiger partial charge in [-0.1, -0.05) is 30.3 Å². The Labute approximate surface area is 183 Å². The molecule has 10 nitrogen and oxygen atoms in total. The van der Waals surface area contributed by atoms with Crippen LogP contribution in [-0.2, 0) is 23.9 Å². The topological polar surface area (TPSA) is 159 Å². The number of aliphatic hydroxyl groups is 3. The van der Waals surface area contributed by atoms with E-state index in [1.165, 1.54) is 26.0 Å². The molecule has 0 aliphatic carbocycles. The van der Waals surface area contributed by atoms with Crippen LogP contribution in [0.5, 0.6) is 0 Å². The summed E-state index contributed by atoms with van der Waals surface area (Å²) in [7, 11) is 1.08. The molecular formula is C22H23NO9. The smallest absolute Gasteiger partial charge is 0.278 e. The number of ketones is 3. The van der Waals surface area contributed by atoms with Crippen molar-refractivity contribution in [3.63, 3.8) is 0 Å². The van der Waals surface area contributed by atoms with Gasteiger partial charge in [0.25, 0.3) is 11.5 Å². The predicted molar refractivity (Wildman–Crippen MR) is 108 cm³/mol. The number of hydrogen-bond donors (Lipinski definition) is 4. The molecule has 1 aromatic carbocycles. The molecule has 1 fully saturated rings. The molecule has 2 aliphatic rings. The lowest BCUT2D eigenvalue weighted by Crippen LogP contribution is -2.60. The highest BCUT2D eigenvalue weighted by Gasteiger charge is 2.74. The highest BCUT2D eigenvalue weighted by molar-refractivity contribution is 6.23. The van der Waals surface area contributed by atoms with Crippen molar-refractivity contribution in [3.8, 4) is 0 Å². The number of aliphatic hydroxyl groups excluding tert-OH is 3. The van der Waals surface area contributed by atoms with E-state index < -0.39 is 58.7 Å². The molecule has 0 radical (unpaired) electrons. The maximum absolute atomic E-state index is 13.1. The first kappa shape index (κ1) is 23.5. The Morgan fingerprint density at radius 1 is 1.22 bits per heavy atom. The monoisotopic (exact) mass is 445 g/mol. The SMILES string of the molecule is CO[C@@]1(C(=O)c2ccccc2)NC(=O)[C@]2(OC([C@@H](O)[C@@H](O)C=CC(C)=O)=C(C)C2=O)[C@@H]1O. The largest absolute Gasteiger partial charge is 0.467 e. The molecule has 3 rings (SSSR count). The van der Waals surface area contributed by atoms with Gasteiger partial charge in [0.1, 0.15) is 18.0 Å². The number of Topliss-reactive ketones (excluding diaryl/α,β-unsaturated/α-hetero) is 2. The zero-order valence-electron chi connectivity index (χ0n) is 17.6. The average Bonchev–Trinajstić information content (AvgIpc) is 3.18. The lowest BCUT2D eigenvalue weighted by atomic mass is 9.85. The summed E-state index contributed by atoms with van der Waals surface area (Å²) in [6.07, 6.45) is -3.59. The molecule has 1 spiro atoms. The van der Waals surface area contributed by atoms with Crippen molar-refractivity contribution in [2.45, 2.75) is 43.5 Å². The number of ether oxygens (including phenoxy) is 2. The standard InChI is InChI=1S/C22H23NO9/c1-11(24)9-10-14(25)15(26)16-12(2)17(27)21(32-16)19(29)22(31-3,23-20(21)30)18(28)13-7-5-4-6-8-13/h4-10,14-15,19,25-26,29H,1-3H3,(H,23,30)/t14-,15-,19-,21+,22+/m0/s1. The highest BCUT2D eigenvalue weighted by atomic mass is 16.6. The van der Waals surface area contributed by atoms with Crippen molar-refractivity contribution >= 4 is 23.3 Å². The quantitative estimate of drug-likeness (QED) is 0.239. The normalized spacial score (nSPS) is 29.4. The van der Waals surface area contributed by atoms with E-state index in [1.807, 2.05) is 0 Å². The lowest BCUT2D eigenvalue weighted by Gasteiger charge is -2.32. The van der Waals surface area contributed by atoms with Crippen LogP contribution < -0.4 is 5.32 Å². The van der Waals surface area contributed by atoms with Gasteiger partial charge in [-0.05, 0) is 26.0 Å². The van der Waals surface area contributed by atoms with Crippen molar-refractivity contribution in [1.29, 1.82) is 0 Å². The molecule has 4 N–H and O–H groups in total. The fraction of sp³-hybridized carbons (Fsp3) is 0.364. The molecule has 5 atom stereocenters. The Morgan fingerprint density at radius 3 is 2.41 bits per heavy atom. The third kappa shape index (κ3) is 3.37.